The topological polar surface area (TPSA) is 175 Å². The van der Waals surface area contributed by atoms with Crippen LogP contribution in [0.4, 0.5) is 0 Å². The SMILES string of the molecule is CCCC/C=C\C/C=C\CCCCCCCC(=O)OCCCCCCCCCCC/C=C\C/C=C\CCCCCCCCCCCCCCCCCCCC(=O)NC(COC1OC(CO)C(O)C(O)C1O)C(O)/C=C/CC/C=C/CCCCCCCCC. The maximum atomic E-state index is 13.1. The lowest BCUT2D eigenvalue weighted by Crippen LogP contribution is -2.60. The number of ether oxygens (including phenoxy) is 3. The van der Waals surface area contributed by atoms with Gasteiger partial charge in [-0.1, -0.05) is 299 Å². The Kier molecular flexibility index (Phi) is 61.9. The van der Waals surface area contributed by atoms with E-state index in [9.17, 15) is 35.1 Å². The summed E-state index contributed by atoms with van der Waals surface area (Å²) in [4.78, 5) is 25.1. The molecule has 11 nitrogen and oxygen atoms in total. The van der Waals surface area contributed by atoms with Crippen molar-refractivity contribution in [2.75, 3.05) is 19.8 Å². The number of carbonyl (C=O) groups excluding carboxylic acids is 2. The van der Waals surface area contributed by atoms with E-state index < -0.39 is 49.5 Å². The molecule has 1 saturated heterocycles. The minimum absolute atomic E-state index is 0.00833. The van der Waals surface area contributed by atoms with Gasteiger partial charge >= 0.3 is 5.97 Å². The number of esters is 1. The molecule has 88 heavy (non-hydrogen) atoms. The van der Waals surface area contributed by atoms with Crippen molar-refractivity contribution in [2.24, 2.45) is 0 Å². The molecular formula is C77H139NO10. The third kappa shape index (κ3) is 53.7. The monoisotopic (exact) mass is 1240 g/mol. The average Bonchev–Trinajstić information content (AvgIpc) is 3.19. The third-order valence-electron chi connectivity index (χ3n) is 17.3. The third-order valence-corrected chi connectivity index (χ3v) is 17.3. The van der Waals surface area contributed by atoms with Crippen molar-refractivity contribution >= 4 is 11.9 Å². The lowest BCUT2D eigenvalue weighted by molar-refractivity contribution is -0.302. The van der Waals surface area contributed by atoms with Gasteiger partial charge in [0.25, 0.3) is 0 Å². The second-order valence-corrected chi connectivity index (χ2v) is 25.6. The summed E-state index contributed by atoms with van der Waals surface area (Å²) in [7, 11) is 0. The summed E-state index contributed by atoms with van der Waals surface area (Å²) in [5, 5.41) is 54.5. The van der Waals surface area contributed by atoms with E-state index in [-0.39, 0.29) is 18.5 Å². The number of aliphatic hydroxyl groups excluding tert-OH is 5. The summed E-state index contributed by atoms with van der Waals surface area (Å²) in [5.41, 5.74) is 0. The first-order valence-electron chi connectivity index (χ1n) is 37.2. The van der Waals surface area contributed by atoms with E-state index >= 15 is 0 Å². The minimum atomic E-state index is -1.58. The second-order valence-electron chi connectivity index (χ2n) is 25.6. The van der Waals surface area contributed by atoms with Crippen LogP contribution in [0.3, 0.4) is 0 Å². The fourth-order valence-corrected chi connectivity index (χ4v) is 11.4. The average molecular weight is 1240 g/mol. The predicted molar refractivity (Wildman–Crippen MR) is 370 cm³/mol. The highest BCUT2D eigenvalue weighted by Crippen LogP contribution is 2.23. The number of hydrogen-bond donors (Lipinski definition) is 6. The maximum Gasteiger partial charge on any atom is 0.305 e. The number of allylic oxidation sites excluding steroid dienone is 11. The number of unbranched alkanes of at least 4 members (excludes halogenated alkanes) is 41. The van der Waals surface area contributed by atoms with E-state index in [1.165, 1.54) is 244 Å². The lowest BCUT2D eigenvalue weighted by atomic mass is 9.99. The molecule has 1 fully saturated rings. The lowest BCUT2D eigenvalue weighted by Gasteiger charge is -2.40. The zero-order valence-electron chi connectivity index (χ0n) is 56.9. The Labute approximate surface area is 541 Å². The molecule has 1 heterocycles. The highest BCUT2D eigenvalue weighted by Gasteiger charge is 2.44. The Morgan fingerprint density at radius 2 is 0.784 bits per heavy atom. The van der Waals surface area contributed by atoms with Gasteiger partial charge in [-0.05, 0) is 103 Å². The molecule has 512 valence electrons. The number of amides is 1. The minimum Gasteiger partial charge on any atom is -0.466 e. The number of nitrogens with one attached hydrogen (secondary N) is 1. The maximum absolute atomic E-state index is 13.1. The summed E-state index contributed by atoms with van der Waals surface area (Å²) in [6.45, 7) is 4.29. The van der Waals surface area contributed by atoms with Crippen LogP contribution in [0, 0.1) is 0 Å². The molecular weight excluding hydrogens is 1100 g/mol. The molecule has 0 spiro atoms. The Bertz CT molecular complexity index is 1690. The van der Waals surface area contributed by atoms with Crippen molar-refractivity contribution in [3.8, 4) is 0 Å². The van der Waals surface area contributed by atoms with Crippen LogP contribution in [0.15, 0.2) is 72.9 Å². The molecule has 0 aliphatic carbocycles. The summed E-state index contributed by atoms with van der Waals surface area (Å²) in [5.74, 6) is -0.198. The molecule has 7 unspecified atom stereocenters. The normalized spacial score (nSPS) is 18.2. The Hall–Kier alpha value is -2.90. The zero-order chi connectivity index (χ0) is 63.7. The Morgan fingerprint density at radius 3 is 1.23 bits per heavy atom. The molecule has 1 rings (SSSR count). The van der Waals surface area contributed by atoms with Crippen LogP contribution in [0.5, 0.6) is 0 Å². The number of aliphatic hydroxyl groups is 5. The van der Waals surface area contributed by atoms with E-state index in [2.05, 4.69) is 79.9 Å². The van der Waals surface area contributed by atoms with E-state index in [0.29, 0.717) is 19.4 Å². The van der Waals surface area contributed by atoms with Gasteiger partial charge in [0.1, 0.15) is 24.4 Å². The molecule has 1 amide bonds. The number of carbonyl (C=O) groups is 2. The fourth-order valence-electron chi connectivity index (χ4n) is 11.4. The highest BCUT2D eigenvalue weighted by atomic mass is 16.7. The molecule has 7 atom stereocenters. The van der Waals surface area contributed by atoms with Gasteiger partial charge < -0.3 is 45.1 Å². The first-order chi connectivity index (χ1) is 43.2. The smallest absolute Gasteiger partial charge is 0.305 e. The van der Waals surface area contributed by atoms with Crippen molar-refractivity contribution in [3.63, 3.8) is 0 Å². The van der Waals surface area contributed by atoms with Gasteiger partial charge in [-0.15, -0.1) is 0 Å². The molecule has 1 aliphatic heterocycles. The van der Waals surface area contributed by atoms with Crippen LogP contribution < -0.4 is 5.32 Å². The van der Waals surface area contributed by atoms with Crippen molar-refractivity contribution in [2.45, 2.75) is 384 Å². The van der Waals surface area contributed by atoms with Crippen LogP contribution in [0.25, 0.3) is 0 Å². The summed E-state index contributed by atoms with van der Waals surface area (Å²) in [6.07, 6.45) is 79.0. The fraction of sp³-hybridized carbons (Fsp3) is 0.818. The van der Waals surface area contributed by atoms with E-state index in [1.807, 2.05) is 6.08 Å². The molecule has 11 heteroatoms. The van der Waals surface area contributed by atoms with Gasteiger partial charge in [-0.2, -0.15) is 0 Å². The van der Waals surface area contributed by atoms with E-state index in [4.69, 9.17) is 14.2 Å². The van der Waals surface area contributed by atoms with Crippen LogP contribution in [-0.4, -0.2) is 100 Å². The van der Waals surface area contributed by atoms with Gasteiger partial charge in [0.05, 0.1) is 32.0 Å². The van der Waals surface area contributed by atoms with Gasteiger partial charge in [0, 0.05) is 12.8 Å². The summed E-state index contributed by atoms with van der Waals surface area (Å²) in [6, 6.07) is -0.827. The van der Waals surface area contributed by atoms with Gasteiger partial charge in [0.15, 0.2) is 6.29 Å². The van der Waals surface area contributed by atoms with Crippen molar-refractivity contribution in [1.82, 2.24) is 5.32 Å². The highest BCUT2D eigenvalue weighted by molar-refractivity contribution is 5.76. The predicted octanol–water partition coefficient (Wildman–Crippen LogP) is 19.5. The van der Waals surface area contributed by atoms with E-state index in [1.54, 1.807) is 6.08 Å². The van der Waals surface area contributed by atoms with Gasteiger partial charge in [-0.25, -0.2) is 0 Å². The van der Waals surface area contributed by atoms with Crippen molar-refractivity contribution in [3.05, 3.63) is 72.9 Å². The van der Waals surface area contributed by atoms with Gasteiger partial charge in [0.2, 0.25) is 5.91 Å². The molecule has 0 aromatic carbocycles. The second kappa shape index (κ2) is 65.6. The summed E-state index contributed by atoms with van der Waals surface area (Å²) >= 11 is 0. The molecule has 0 radical (unpaired) electrons. The van der Waals surface area contributed by atoms with Crippen LogP contribution in [0.1, 0.15) is 341 Å². The standard InChI is InChI=1S/C77H139NO10/c1-3-5-7-9-11-13-15-17-41-45-49-53-57-61-65-73(82)86-66-62-58-54-50-46-42-38-36-34-32-30-28-26-24-22-20-18-19-21-23-25-27-29-31-33-35-37-40-44-48-52-56-60-64-72(81)78-69(68-87-77-76(85)75(84)74(83)71(67-79)88-77)70(80)63-59-55-51-47-43-39-16-14-12-10-8-6-4-2/h9,11,15,17,22,24,28,30,43,47,59,63,69-71,74-77,79-80,83-85H,3-8,10,12-14,16,18-21,23,25-27,29,31-42,44-46,48-58,60-62,64-68H2,1-2H3,(H,78,81)/b11-9-,17-15-,24-22-,30-28-,47-43+,63-59+. The van der Waals surface area contributed by atoms with Crippen LogP contribution in [0.2, 0.25) is 0 Å². The number of hydrogen-bond acceptors (Lipinski definition) is 10. The zero-order valence-corrected chi connectivity index (χ0v) is 56.9. The number of rotatable bonds is 65. The molecule has 0 aromatic rings. The van der Waals surface area contributed by atoms with Crippen LogP contribution >= 0.6 is 0 Å². The molecule has 0 bridgehead atoms. The first-order valence-corrected chi connectivity index (χ1v) is 37.2. The molecule has 0 saturated carbocycles. The van der Waals surface area contributed by atoms with Gasteiger partial charge in [-0.3, -0.25) is 9.59 Å². The molecule has 6 N–H and O–H groups in total. The first kappa shape index (κ1) is 83.1. The molecule has 1 aliphatic rings. The van der Waals surface area contributed by atoms with Crippen LogP contribution in [-0.2, 0) is 23.8 Å². The summed E-state index contributed by atoms with van der Waals surface area (Å²) < 4.78 is 16.7. The van der Waals surface area contributed by atoms with Crippen molar-refractivity contribution < 1.29 is 49.3 Å². The largest absolute Gasteiger partial charge is 0.466 e. The Balaban J connectivity index is 1.96. The molecule has 0 aromatic heterocycles. The van der Waals surface area contributed by atoms with E-state index in [0.717, 1.165) is 70.6 Å². The quantitative estimate of drug-likeness (QED) is 0.0195. The Morgan fingerprint density at radius 1 is 0.420 bits per heavy atom. The van der Waals surface area contributed by atoms with Crippen molar-refractivity contribution in [1.29, 1.82) is 0 Å².